The highest BCUT2D eigenvalue weighted by molar-refractivity contribution is 7.99. The van der Waals surface area contributed by atoms with E-state index in [0.29, 0.717) is 16.1 Å². The third kappa shape index (κ3) is 3.66. The fourth-order valence-electron chi connectivity index (χ4n) is 4.05. The second kappa shape index (κ2) is 7.59. The van der Waals surface area contributed by atoms with Crippen molar-refractivity contribution in [1.29, 1.82) is 5.26 Å². The van der Waals surface area contributed by atoms with Gasteiger partial charge in [0.25, 0.3) is 5.56 Å². The molecule has 1 heterocycles. The topological polar surface area (TPSA) is 87.8 Å². The molecular weight excluding hydrogens is 372 g/mol. The van der Waals surface area contributed by atoms with Crippen LogP contribution >= 0.6 is 11.8 Å². The van der Waals surface area contributed by atoms with E-state index in [-0.39, 0.29) is 29.2 Å². The number of carbonyl (C=O) groups is 1. The molecule has 0 unspecified atom stereocenters. The minimum Gasteiger partial charge on any atom is -0.337 e. The summed E-state index contributed by atoms with van der Waals surface area (Å²) in [6.07, 6.45) is 6.10. The average Bonchev–Trinajstić information content (AvgIpc) is 3.43. The van der Waals surface area contributed by atoms with Gasteiger partial charge in [-0.1, -0.05) is 36.7 Å². The Hall–Kier alpha value is -2.33. The minimum absolute atomic E-state index is 0.0275. The van der Waals surface area contributed by atoms with E-state index in [1.807, 2.05) is 24.3 Å². The van der Waals surface area contributed by atoms with Crippen LogP contribution in [0, 0.1) is 17.2 Å². The first kappa shape index (κ1) is 19.0. The van der Waals surface area contributed by atoms with Gasteiger partial charge in [-0.25, -0.2) is 4.98 Å². The minimum atomic E-state index is -0.806. The van der Waals surface area contributed by atoms with Gasteiger partial charge in [-0.3, -0.25) is 14.2 Å². The van der Waals surface area contributed by atoms with Crippen molar-refractivity contribution in [1.82, 2.24) is 14.9 Å². The van der Waals surface area contributed by atoms with Gasteiger partial charge in [-0.2, -0.15) is 5.26 Å². The number of aromatic nitrogens is 2. The molecular formula is C21H24N4O2S. The quantitative estimate of drug-likeness (QED) is 0.597. The molecule has 0 aliphatic heterocycles. The lowest BCUT2D eigenvalue weighted by Crippen LogP contribution is -2.47. The van der Waals surface area contributed by atoms with Crippen molar-refractivity contribution in [2.24, 2.45) is 5.92 Å². The van der Waals surface area contributed by atoms with E-state index in [2.05, 4.69) is 11.4 Å². The van der Waals surface area contributed by atoms with E-state index < -0.39 is 5.54 Å². The SMILES string of the molecule is C[C@@](C#N)(NC(=O)CSc1nc2ccccc2c(=O)n1C1CCCC1)C1CC1. The lowest BCUT2D eigenvalue weighted by atomic mass is 9.98. The van der Waals surface area contributed by atoms with E-state index in [1.54, 1.807) is 11.5 Å². The normalized spacial score (nSPS) is 19.3. The van der Waals surface area contributed by atoms with Crippen molar-refractivity contribution >= 4 is 28.6 Å². The maximum absolute atomic E-state index is 13.1. The van der Waals surface area contributed by atoms with E-state index in [1.165, 1.54) is 11.8 Å². The van der Waals surface area contributed by atoms with Gasteiger partial charge in [-0.05, 0) is 50.7 Å². The lowest BCUT2D eigenvalue weighted by Gasteiger charge is -2.23. The molecule has 2 aliphatic carbocycles. The van der Waals surface area contributed by atoms with Gasteiger partial charge in [0.05, 0.1) is 22.7 Å². The van der Waals surface area contributed by atoms with Gasteiger partial charge in [0.15, 0.2) is 5.16 Å². The predicted octanol–water partition coefficient (Wildman–Crippen LogP) is 3.41. The molecule has 2 saturated carbocycles. The molecule has 1 N–H and O–H groups in total. The van der Waals surface area contributed by atoms with Crippen molar-refractivity contribution < 1.29 is 4.79 Å². The average molecular weight is 397 g/mol. The van der Waals surface area contributed by atoms with E-state index in [0.717, 1.165) is 38.5 Å². The van der Waals surface area contributed by atoms with Crippen molar-refractivity contribution in [3.05, 3.63) is 34.6 Å². The number of thioether (sulfide) groups is 1. The van der Waals surface area contributed by atoms with E-state index in [4.69, 9.17) is 4.98 Å². The highest BCUT2D eigenvalue weighted by Crippen LogP contribution is 2.39. The first-order valence-electron chi connectivity index (χ1n) is 9.88. The molecule has 0 radical (unpaired) electrons. The van der Waals surface area contributed by atoms with E-state index >= 15 is 0 Å². The van der Waals surface area contributed by atoms with Crippen LogP contribution in [0.1, 0.15) is 51.5 Å². The Bertz CT molecular complexity index is 1000. The molecule has 1 atom stereocenters. The summed E-state index contributed by atoms with van der Waals surface area (Å²) >= 11 is 1.28. The maximum atomic E-state index is 13.1. The Morgan fingerprint density at radius 2 is 2.04 bits per heavy atom. The highest BCUT2D eigenvalue weighted by atomic mass is 32.2. The number of amides is 1. The van der Waals surface area contributed by atoms with E-state index in [9.17, 15) is 14.9 Å². The largest absolute Gasteiger partial charge is 0.337 e. The van der Waals surface area contributed by atoms with Crippen LogP contribution in [-0.4, -0.2) is 26.8 Å². The summed E-state index contributed by atoms with van der Waals surface area (Å²) in [4.78, 5) is 30.3. The monoisotopic (exact) mass is 396 g/mol. The highest BCUT2D eigenvalue weighted by Gasteiger charge is 2.43. The summed E-state index contributed by atoms with van der Waals surface area (Å²) in [6.45, 7) is 1.79. The maximum Gasteiger partial charge on any atom is 0.262 e. The van der Waals surface area contributed by atoms with Crippen molar-refractivity contribution in [3.8, 4) is 6.07 Å². The molecule has 1 aromatic carbocycles. The second-order valence-corrected chi connectivity index (χ2v) is 8.89. The molecule has 2 aliphatic rings. The molecule has 6 nitrogen and oxygen atoms in total. The molecule has 4 rings (SSSR count). The van der Waals surface area contributed by atoms with Gasteiger partial charge in [0.1, 0.15) is 5.54 Å². The van der Waals surface area contributed by atoms with Crippen LogP contribution in [0.3, 0.4) is 0 Å². The summed E-state index contributed by atoms with van der Waals surface area (Å²) in [5, 5.41) is 13.5. The van der Waals surface area contributed by atoms with Gasteiger partial charge in [0, 0.05) is 6.04 Å². The van der Waals surface area contributed by atoms with Crippen LogP contribution in [0.4, 0.5) is 0 Å². The molecule has 7 heteroatoms. The summed E-state index contributed by atoms with van der Waals surface area (Å²) in [7, 11) is 0. The number of para-hydroxylation sites is 1. The third-order valence-electron chi connectivity index (χ3n) is 5.82. The first-order valence-corrected chi connectivity index (χ1v) is 10.9. The van der Waals surface area contributed by atoms with Crippen molar-refractivity contribution in [2.75, 3.05) is 5.75 Å². The molecule has 0 bridgehead atoms. The zero-order chi connectivity index (χ0) is 19.7. The van der Waals surface area contributed by atoms with Crippen LogP contribution in [0.25, 0.3) is 10.9 Å². The number of hydrogen-bond acceptors (Lipinski definition) is 5. The molecule has 2 aromatic rings. The number of nitrogens with zero attached hydrogens (tertiary/aromatic N) is 3. The Balaban J connectivity index is 1.59. The van der Waals surface area contributed by atoms with Gasteiger partial charge in [0.2, 0.25) is 5.91 Å². The van der Waals surface area contributed by atoms with Crippen LogP contribution in [0.5, 0.6) is 0 Å². The zero-order valence-electron chi connectivity index (χ0n) is 16.0. The Morgan fingerprint density at radius 3 is 2.71 bits per heavy atom. The number of carbonyl (C=O) groups excluding carboxylic acids is 1. The number of nitriles is 1. The third-order valence-corrected chi connectivity index (χ3v) is 6.78. The summed E-state index contributed by atoms with van der Waals surface area (Å²) in [6, 6.07) is 9.75. The Kier molecular flexibility index (Phi) is 5.15. The molecule has 0 saturated heterocycles. The fraction of sp³-hybridized carbons (Fsp3) is 0.524. The number of hydrogen-bond donors (Lipinski definition) is 1. The van der Waals surface area contributed by atoms with Gasteiger partial charge in [-0.15, -0.1) is 0 Å². The summed E-state index contributed by atoms with van der Waals surface area (Å²) < 4.78 is 1.79. The van der Waals surface area contributed by atoms with Gasteiger partial charge >= 0.3 is 0 Å². The number of benzene rings is 1. The molecule has 1 aromatic heterocycles. The molecule has 1 amide bonds. The first-order chi connectivity index (χ1) is 13.5. The Labute approximate surface area is 168 Å². The van der Waals surface area contributed by atoms with Crippen molar-refractivity contribution in [3.63, 3.8) is 0 Å². The molecule has 146 valence electrons. The fourth-order valence-corrected chi connectivity index (χ4v) is 4.92. The van der Waals surface area contributed by atoms with Crippen LogP contribution in [0.15, 0.2) is 34.2 Å². The zero-order valence-corrected chi connectivity index (χ0v) is 16.8. The van der Waals surface area contributed by atoms with Gasteiger partial charge < -0.3 is 5.32 Å². The van der Waals surface area contributed by atoms with Crippen molar-refractivity contribution in [2.45, 2.75) is 62.2 Å². The summed E-state index contributed by atoms with van der Waals surface area (Å²) in [5.74, 6) is 0.185. The standard InChI is InChI=1S/C21H24N4O2S/c1-21(13-22,14-10-11-14)24-18(26)12-28-20-23-17-9-5-4-8-16(17)19(27)25(20)15-6-2-3-7-15/h4-5,8-9,14-15H,2-3,6-7,10-12H2,1H3,(H,24,26)/t21-/m0/s1. The second-order valence-electron chi connectivity index (χ2n) is 7.95. The van der Waals surface area contributed by atoms with Crippen LogP contribution < -0.4 is 10.9 Å². The molecule has 28 heavy (non-hydrogen) atoms. The summed E-state index contributed by atoms with van der Waals surface area (Å²) in [5.41, 5.74) is -0.177. The Morgan fingerprint density at radius 1 is 1.32 bits per heavy atom. The molecule has 0 spiro atoms. The lowest BCUT2D eigenvalue weighted by molar-refractivity contribution is -0.119. The van der Waals surface area contributed by atoms with Crippen LogP contribution in [0.2, 0.25) is 0 Å². The van der Waals surface area contributed by atoms with Crippen LogP contribution in [-0.2, 0) is 4.79 Å². The molecule has 2 fully saturated rings. The number of nitrogens with one attached hydrogen (secondary N) is 1. The predicted molar refractivity (Wildman–Crippen MR) is 109 cm³/mol. The smallest absolute Gasteiger partial charge is 0.262 e. The number of rotatable bonds is 6. The number of fused-ring (bicyclic) bond motifs is 1.